The molecule has 0 aliphatic carbocycles. The Balaban J connectivity index is 1.89. The maximum atomic E-state index is 12.2. The van der Waals surface area contributed by atoms with Crippen molar-refractivity contribution in [2.45, 2.75) is 23.5 Å². The summed E-state index contributed by atoms with van der Waals surface area (Å²) in [4.78, 5) is 17.6. The number of ether oxygens (including phenoxy) is 1. The van der Waals surface area contributed by atoms with Gasteiger partial charge in [-0.05, 0) is 38.9 Å². The van der Waals surface area contributed by atoms with Gasteiger partial charge in [-0.3, -0.25) is 0 Å². The van der Waals surface area contributed by atoms with Crippen LogP contribution in [-0.2, 0) is 14.8 Å². The molecule has 1 aromatic rings. The summed E-state index contributed by atoms with van der Waals surface area (Å²) in [5.41, 5.74) is 1.17. The molecule has 0 atom stereocenters. The molecule has 21 heavy (non-hydrogen) atoms. The van der Waals surface area contributed by atoms with Gasteiger partial charge in [0.25, 0.3) is 10.0 Å². The summed E-state index contributed by atoms with van der Waals surface area (Å²) in [6.45, 7) is 3.41. The number of rotatable bonds is 7. The van der Waals surface area contributed by atoms with Crippen LogP contribution in [0.3, 0.4) is 0 Å². The highest BCUT2D eigenvalue weighted by molar-refractivity contribution is 7.91. The predicted octanol–water partition coefficient (Wildman–Crippen LogP) is 0.694. The maximum Gasteiger partial charge on any atom is 0.358 e. The summed E-state index contributed by atoms with van der Waals surface area (Å²) < 4.78 is 31.3. The molecule has 1 N–H and O–H groups in total. The van der Waals surface area contributed by atoms with Gasteiger partial charge in [-0.2, -0.15) is 0 Å². The van der Waals surface area contributed by atoms with Gasteiger partial charge in [-0.15, -0.1) is 11.3 Å². The van der Waals surface area contributed by atoms with Gasteiger partial charge in [0.1, 0.15) is 0 Å². The number of hydrogen-bond donors (Lipinski definition) is 1. The molecule has 0 radical (unpaired) electrons. The zero-order valence-corrected chi connectivity index (χ0v) is 13.5. The number of aromatic nitrogens is 1. The van der Waals surface area contributed by atoms with Crippen LogP contribution < -0.4 is 4.72 Å². The summed E-state index contributed by atoms with van der Waals surface area (Å²) in [6, 6.07) is 0. The van der Waals surface area contributed by atoms with E-state index >= 15 is 0 Å². The first kappa shape index (κ1) is 16.3. The molecule has 0 aromatic carbocycles. The minimum Gasteiger partial charge on any atom is -0.464 e. The number of sulfonamides is 1. The molecule has 1 fully saturated rings. The van der Waals surface area contributed by atoms with Crippen molar-refractivity contribution in [3.63, 3.8) is 0 Å². The highest BCUT2D eigenvalue weighted by Crippen LogP contribution is 2.20. The van der Waals surface area contributed by atoms with E-state index in [9.17, 15) is 13.2 Å². The number of carbonyl (C=O) groups is 1. The van der Waals surface area contributed by atoms with E-state index in [1.807, 2.05) is 0 Å². The van der Waals surface area contributed by atoms with E-state index in [0.717, 1.165) is 37.4 Å². The molecule has 2 heterocycles. The van der Waals surface area contributed by atoms with Gasteiger partial charge in [0.2, 0.25) is 0 Å². The second-order valence-corrected chi connectivity index (χ2v) is 7.60. The Kier molecular flexibility index (Phi) is 5.68. The molecule has 0 amide bonds. The van der Waals surface area contributed by atoms with Gasteiger partial charge in [0.15, 0.2) is 9.90 Å². The van der Waals surface area contributed by atoms with E-state index in [2.05, 4.69) is 19.3 Å². The van der Waals surface area contributed by atoms with Crippen LogP contribution in [0.15, 0.2) is 9.72 Å². The highest BCUT2D eigenvalue weighted by atomic mass is 32.2. The number of methoxy groups -OCH3 is 1. The molecule has 118 valence electrons. The van der Waals surface area contributed by atoms with Gasteiger partial charge in [-0.1, -0.05) is 0 Å². The van der Waals surface area contributed by atoms with Crippen LogP contribution in [0.1, 0.15) is 29.8 Å². The lowest BCUT2D eigenvalue weighted by molar-refractivity contribution is 0.0590. The molecular formula is C12H19N3O4S2. The number of likely N-dealkylation sites (tertiary alicyclic amines) is 1. The summed E-state index contributed by atoms with van der Waals surface area (Å²) in [5, 5.41) is 0. The van der Waals surface area contributed by atoms with Crippen LogP contribution in [0.5, 0.6) is 0 Å². The van der Waals surface area contributed by atoms with Crippen molar-refractivity contribution in [1.29, 1.82) is 0 Å². The number of thiazole rings is 1. The fourth-order valence-electron chi connectivity index (χ4n) is 2.24. The largest absolute Gasteiger partial charge is 0.464 e. The Bertz CT molecular complexity index is 579. The van der Waals surface area contributed by atoms with Crippen LogP contribution >= 0.6 is 11.3 Å². The SMILES string of the molecule is COC(=O)c1ncsc1S(=O)(=O)NCCCN1CCCC1. The molecule has 1 aliphatic heterocycles. The summed E-state index contributed by atoms with van der Waals surface area (Å²) in [6.07, 6.45) is 3.18. The molecule has 1 saturated heterocycles. The molecule has 7 nitrogen and oxygen atoms in total. The number of nitrogens with zero attached hydrogens (tertiary/aromatic N) is 2. The minimum atomic E-state index is -3.71. The first-order chi connectivity index (χ1) is 10.0. The first-order valence-electron chi connectivity index (χ1n) is 6.78. The molecule has 0 bridgehead atoms. The van der Waals surface area contributed by atoms with Crippen molar-refractivity contribution in [3.8, 4) is 0 Å². The molecular weight excluding hydrogens is 314 g/mol. The number of hydrogen-bond acceptors (Lipinski definition) is 7. The van der Waals surface area contributed by atoms with Crippen LogP contribution in [0, 0.1) is 0 Å². The predicted molar refractivity (Wildman–Crippen MR) is 78.9 cm³/mol. The molecule has 0 saturated carbocycles. The third-order valence-corrected chi connectivity index (χ3v) is 6.13. The van der Waals surface area contributed by atoms with Gasteiger partial charge < -0.3 is 9.64 Å². The average molecular weight is 333 g/mol. The van der Waals surface area contributed by atoms with Gasteiger partial charge in [0.05, 0.1) is 12.6 Å². The van der Waals surface area contributed by atoms with Crippen LogP contribution in [-0.4, -0.2) is 57.6 Å². The third-order valence-electron chi connectivity index (χ3n) is 3.30. The Hall–Kier alpha value is -1.03. The Morgan fingerprint density at radius 1 is 1.48 bits per heavy atom. The van der Waals surface area contributed by atoms with E-state index in [1.165, 1.54) is 25.5 Å². The van der Waals surface area contributed by atoms with E-state index in [-0.39, 0.29) is 9.90 Å². The van der Waals surface area contributed by atoms with Crippen molar-refractivity contribution >= 4 is 27.3 Å². The van der Waals surface area contributed by atoms with Crippen LogP contribution in [0.4, 0.5) is 0 Å². The second kappa shape index (κ2) is 7.30. The van der Waals surface area contributed by atoms with E-state index in [0.29, 0.717) is 6.54 Å². The van der Waals surface area contributed by atoms with Crippen molar-refractivity contribution in [3.05, 3.63) is 11.2 Å². The topological polar surface area (TPSA) is 88.6 Å². The van der Waals surface area contributed by atoms with Crippen molar-refractivity contribution in [1.82, 2.24) is 14.6 Å². The minimum absolute atomic E-state index is 0.0875. The van der Waals surface area contributed by atoms with Crippen molar-refractivity contribution < 1.29 is 17.9 Å². The number of nitrogens with one attached hydrogen (secondary N) is 1. The maximum absolute atomic E-state index is 12.2. The molecule has 1 aliphatic rings. The fraction of sp³-hybridized carbons (Fsp3) is 0.667. The molecule has 2 rings (SSSR count). The fourth-order valence-corrected chi connectivity index (χ4v) is 4.49. The van der Waals surface area contributed by atoms with E-state index < -0.39 is 16.0 Å². The lowest BCUT2D eigenvalue weighted by atomic mass is 10.4. The van der Waals surface area contributed by atoms with Gasteiger partial charge in [-0.25, -0.2) is 22.9 Å². The smallest absolute Gasteiger partial charge is 0.358 e. The Morgan fingerprint density at radius 3 is 2.86 bits per heavy atom. The molecule has 0 unspecified atom stereocenters. The molecule has 1 aromatic heterocycles. The monoisotopic (exact) mass is 333 g/mol. The Labute approximate surface area is 128 Å². The van der Waals surface area contributed by atoms with Crippen LogP contribution in [0.25, 0.3) is 0 Å². The normalized spacial score (nSPS) is 16.2. The molecule has 0 spiro atoms. The highest BCUT2D eigenvalue weighted by Gasteiger charge is 2.26. The van der Waals surface area contributed by atoms with Gasteiger partial charge >= 0.3 is 5.97 Å². The van der Waals surface area contributed by atoms with E-state index in [1.54, 1.807) is 0 Å². The van der Waals surface area contributed by atoms with E-state index in [4.69, 9.17) is 0 Å². The summed E-state index contributed by atoms with van der Waals surface area (Å²) >= 11 is 0.911. The van der Waals surface area contributed by atoms with Crippen molar-refractivity contribution in [2.24, 2.45) is 0 Å². The zero-order valence-electron chi connectivity index (χ0n) is 11.9. The third kappa shape index (κ3) is 4.22. The average Bonchev–Trinajstić information content (AvgIpc) is 3.13. The van der Waals surface area contributed by atoms with Crippen molar-refractivity contribution in [2.75, 3.05) is 33.3 Å². The summed E-state index contributed by atoms with van der Waals surface area (Å²) in [5.74, 6) is -0.742. The number of carbonyl (C=O) groups excluding carboxylic acids is 1. The van der Waals surface area contributed by atoms with Crippen LogP contribution in [0.2, 0.25) is 0 Å². The van der Waals surface area contributed by atoms with Gasteiger partial charge in [0, 0.05) is 6.54 Å². The standard InChI is InChI=1S/C12H19N3O4S2/c1-19-11(16)10-12(20-9-13-10)21(17,18)14-5-4-8-15-6-2-3-7-15/h9,14H,2-8H2,1H3. The number of esters is 1. The molecule has 9 heteroatoms. The first-order valence-corrected chi connectivity index (χ1v) is 9.14. The Morgan fingerprint density at radius 2 is 2.19 bits per heavy atom. The lowest BCUT2D eigenvalue weighted by Crippen LogP contribution is -2.29. The second-order valence-electron chi connectivity index (χ2n) is 4.78. The quantitative estimate of drug-likeness (QED) is 0.583. The summed E-state index contributed by atoms with van der Waals surface area (Å²) in [7, 11) is -2.52. The lowest BCUT2D eigenvalue weighted by Gasteiger charge is -2.14. The zero-order chi connectivity index (χ0) is 15.3.